The van der Waals surface area contributed by atoms with E-state index in [0.29, 0.717) is 21.3 Å². The van der Waals surface area contributed by atoms with Gasteiger partial charge in [-0.15, -0.1) is 0 Å². The monoisotopic (exact) mass is 385 g/mol. The Labute approximate surface area is 162 Å². The van der Waals surface area contributed by atoms with Crippen molar-refractivity contribution in [1.82, 2.24) is 4.98 Å². The first-order valence-electron chi connectivity index (χ1n) is 8.06. The van der Waals surface area contributed by atoms with Crippen LogP contribution in [0.25, 0.3) is 0 Å². The molecule has 0 aliphatic rings. The molecule has 132 valence electrons. The molecule has 0 aliphatic carbocycles. The number of amides is 1. The van der Waals surface area contributed by atoms with Crippen molar-refractivity contribution in [3.05, 3.63) is 88.2 Å². The molecule has 1 aromatic heterocycles. The molecule has 6 heteroatoms. The quantitative estimate of drug-likeness (QED) is 0.582. The second-order valence-electron chi connectivity index (χ2n) is 5.82. The van der Waals surface area contributed by atoms with Gasteiger partial charge in [0.2, 0.25) is 0 Å². The maximum atomic E-state index is 12.5. The summed E-state index contributed by atoms with van der Waals surface area (Å²) in [6.07, 6.45) is 3.19. The van der Waals surface area contributed by atoms with E-state index >= 15 is 0 Å². The minimum absolute atomic E-state index is 0.0821. The standard InChI is InChI=1S/C20H17Cl2N3O/c1-13(14-5-3-2-4-6-14)24-17-9-15(11-23-12-17)20(26)25-19-10-16(21)7-8-18(19)22/h2-13,24H,1H3,(H,25,26). The first-order valence-corrected chi connectivity index (χ1v) is 8.81. The van der Waals surface area contributed by atoms with Crippen molar-refractivity contribution in [3.63, 3.8) is 0 Å². The molecule has 2 N–H and O–H groups in total. The fraction of sp³-hybridized carbons (Fsp3) is 0.100. The van der Waals surface area contributed by atoms with E-state index in [2.05, 4.69) is 15.6 Å². The molecular formula is C20H17Cl2N3O. The van der Waals surface area contributed by atoms with E-state index in [1.54, 1.807) is 30.5 Å². The van der Waals surface area contributed by atoms with Gasteiger partial charge in [-0.2, -0.15) is 0 Å². The molecule has 0 saturated carbocycles. The first kappa shape index (κ1) is 18.2. The van der Waals surface area contributed by atoms with Crippen molar-refractivity contribution in [3.8, 4) is 0 Å². The fourth-order valence-electron chi connectivity index (χ4n) is 2.51. The van der Waals surface area contributed by atoms with E-state index in [1.807, 2.05) is 37.3 Å². The van der Waals surface area contributed by atoms with Crippen molar-refractivity contribution in [2.45, 2.75) is 13.0 Å². The topological polar surface area (TPSA) is 54.0 Å². The van der Waals surface area contributed by atoms with E-state index in [9.17, 15) is 4.79 Å². The van der Waals surface area contributed by atoms with Gasteiger partial charge in [0.05, 0.1) is 22.0 Å². The Kier molecular flexibility index (Phi) is 5.76. The Morgan fingerprint density at radius 2 is 1.81 bits per heavy atom. The predicted molar refractivity (Wildman–Crippen MR) is 107 cm³/mol. The van der Waals surface area contributed by atoms with Crippen LogP contribution in [0.15, 0.2) is 67.0 Å². The molecule has 1 heterocycles. The molecule has 2 aromatic carbocycles. The minimum Gasteiger partial charge on any atom is -0.377 e. The van der Waals surface area contributed by atoms with E-state index < -0.39 is 0 Å². The number of aromatic nitrogens is 1. The van der Waals surface area contributed by atoms with Crippen LogP contribution in [0, 0.1) is 0 Å². The normalized spacial score (nSPS) is 11.7. The molecule has 1 amide bonds. The zero-order valence-electron chi connectivity index (χ0n) is 14.0. The number of nitrogens with one attached hydrogen (secondary N) is 2. The highest BCUT2D eigenvalue weighted by molar-refractivity contribution is 6.35. The maximum Gasteiger partial charge on any atom is 0.257 e. The molecule has 4 nitrogen and oxygen atoms in total. The molecule has 0 bridgehead atoms. The lowest BCUT2D eigenvalue weighted by molar-refractivity contribution is 0.102. The molecule has 0 aliphatic heterocycles. The van der Waals surface area contributed by atoms with Gasteiger partial charge >= 0.3 is 0 Å². The second kappa shape index (κ2) is 8.21. The summed E-state index contributed by atoms with van der Waals surface area (Å²) < 4.78 is 0. The van der Waals surface area contributed by atoms with Gasteiger partial charge in [-0.1, -0.05) is 53.5 Å². The molecular weight excluding hydrogens is 369 g/mol. The van der Waals surface area contributed by atoms with Crippen LogP contribution in [0.4, 0.5) is 11.4 Å². The molecule has 0 radical (unpaired) electrons. The molecule has 3 aromatic rings. The SMILES string of the molecule is CC(Nc1cncc(C(=O)Nc2cc(Cl)ccc2Cl)c1)c1ccccc1. The van der Waals surface area contributed by atoms with Gasteiger partial charge in [0, 0.05) is 23.5 Å². The predicted octanol–water partition coefficient (Wildman–Crippen LogP) is 5.81. The molecule has 0 spiro atoms. The Morgan fingerprint density at radius 3 is 2.58 bits per heavy atom. The van der Waals surface area contributed by atoms with Gasteiger partial charge in [-0.3, -0.25) is 9.78 Å². The summed E-state index contributed by atoms with van der Waals surface area (Å²) in [5.74, 6) is -0.308. The molecule has 0 fully saturated rings. The van der Waals surface area contributed by atoms with Crippen molar-refractivity contribution in [2.75, 3.05) is 10.6 Å². The third-order valence-electron chi connectivity index (χ3n) is 3.86. The number of nitrogens with zero attached hydrogens (tertiary/aromatic N) is 1. The number of halogens is 2. The average Bonchev–Trinajstić information content (AvgIpc) is 2.65. The van der Waals surface area contributed by atoms with Crippen LogP contribution in [-0.2, 0) is 0 Å². The summed E-state index contributed by atoms with van der Waals surface area (Å²) in [6, 6.07) is 16.8. The van der Waals surface area contributed by atoms with Crippen LogP contribution in [-0.4, -0.2) is 10.9 Å². The molecule has 26 heavy (non-hydrogen) atoms. The summed E-state index contributed by atoms with van der Waals surface area (Å²) in [5.41, 5.74) is 2.78. The number of pyridine rings is 1. The summed E-state index contributed by atoms with van der Waals surface area (Å²) in [7, 11) is 0. The molecule has 3 rings (SSSR count). The van der Waals surface area contributed by atoms with Crippen LogP contribution in [0.5, 0.6) is 0 Å². The number of carbonyl (C=O) groups is 1. The highest BCUT2D eigenvalue weighted by Crippen LogP contribution is 2.26. The van der Waals surface area contributed by atoms with Crippen LogP contribution < -0.4 is 10.6 Å². The Bertz CT molecular complexity index is 916. The number of rotatable bonds is 5. The van der Waals surface area contributed by atoms with E-state index in [4.69, 9.17) is 23.2 Å². The van der Waals surface area contributed by atoms with Gasteiger partial charge in [0.25, 0.3) is 5.91 Å². The fourth-order valence-corrected chi connectivity index (χ4v) is 2.84. The summed E-state index contributed by atoms with van der Waals surface area (Å²) in [6.45, 7) is 2.05. The van der Waals surface area contributed by atoms with Gasteiger partial charge in [0.15, 0.2) is 0 Å². The summed E-state index contributed by atoms with van der Waals surface area (Å²) >= 11 is 12.0. The Balaban J connectivity index is 1.74. The molecule has 0 saturated heterocycles. The van der Waals surface area contributed by atoms with Crippen LogP contribution >= 0.6 is 23.2 Å². The van der Waals surface area contributed by atoms with Crippen molar-refractivity contribution < 1.29 is 4.79 Å². The zero-order valence-corrected chi connectivity index (χ0v) is 15.6. The smallest absolute Gasteiger partial charge is 0.257 e. The van der Waals surface area contributed by atoms with Gasteiger partial charge in [-0.05, 0) is 36.8 Å². The largest absolute Gasteiger partial charge is 0.377 e. The van der Waals surface area contributed by atoms with E-state index in [1.165, 1.54) is 6.20 Å². The minimum atomic E-state index is -0.308. The van der Waals surface area contributed by atoms with Crippen molar-refractivity contribution in [1.29, 1.82) is 0 Å². The second-order valence-corrected chi connectivity index (χ2v) is 6.66. The lowest BCUT2D eigenvalue weighted by Crippen LogP contribution is -2.14. The lowest BCUT2D eigenvalue weighted by atomic mass is 10.1. The van der Waals surface area contributed by atoms with E-state index in [-0.39, 0.29) is 11.9 Å². The highest BCUT2D eigenvalue weighted by atomic mass is 35.5. The molecule has 1 unspecified atom stereocenters. The van der Waals surface area contributed by atoms with Crippen molar-refractivity contribution in [2.24, 2.45) is 0 Å². The van der Waals surface area contributed by atoms with Crippen molar-refractivity contribution >= 4 is 40.5 Å². The number of hydrogen-bond donors (Lipinski definition) is 2. The highest BCUT2D eigenvalue weighted by Gasteiger charge is 2.11. The third kappa shape index (κ3) is 4.54. The number of benzene rings is 2. The average molecular weight is 386 g/mol. The van der Waals surface area contributed by atoms with Crippen LogP contribution in [0.1, 0.15) is 28.9 Å². The number of anilines is 2. The van der Waals surface area contributed by atoms with Crippen LogP contribution in [0.3, 0.4) is 0 Å². The maximum absolute atomic E-state index is 12.5. The van der Waals surface area contributed by atoms with Gasteiger partial charge in [0.1, 0.15) is 0 Å². The van der Waals surface area contributed by atoms with Gasteiger partial charge < -0.3 is 10.6 Å². The first-order chi connectivity index (χ1) is 12.5. The zero-order chi connectivity index (χ0) is 18.5. The lowest BCUT2D eigenvalue weighted by Gasteiger charge is -2.16. The number of hydrogen-bond acceptors (Lipinski definition) is 3. The van der Waals surface area contributed by atoms with Gasteiger partial charge in [-0.25, -0.2) is 0 Å². The Morgan fingerprint density at radius 1 is 1.04 bits per heavy atom. The summed E-state index contributed by atoms with van der Waals surface area (Å²) in [5, 5.41) is 7.02. The van der Waals surface area contributed by atoms with E-state index in [0.717, 1.165) is 11.3 Å². The molecule has 1 atom stereocenters. The Hall–Kier alpha value is -2.56. The third-order valence-corrected chi connectivity index (χ3v) is 4.42. The summed E-state index contributed by atoms with van der Waals surface area (Å²) in [4.78, 5) is 16.7. The number of carbonyl (C=O) groups excluding carboxylic acids is 1. The van der Waals surface area contributed by atoms with Crippen LogP contribution in [0.2, 0.25) is 10.0 Å².